The number of hydrogen-bond donors (Lipinski definition) is 2. The highest BCUT2D eigenvalue weighted by atomic mass is 35.5. The van der Waals surface area contributed by atoms with E-state index in [0.717, 1.165) is 44.1 Å². The monoisotopic (exact) mass is 416 g/mol. The SMILES string of the molecule is COC(=O)C1(c2ccc(S(=O)(=O)NC3(CN)CCCCC3C)cc2)CC1.Cl. The topological polar surface area (TPSA) is 98.5 Å². The Kier molecular flexibility index (Phi) is 6.62. The Balaban J connectivity index is 0.00000261. The Morgan fingerprint density at radius 2 is 1.85 bits per heavy atom. The molecule has 0 heterocycles. The van der Waals surface area contributed by atoms with E-state index in [4.69, 9.17) is 10.5 Å². The summed E-state index contributed by atoms with van der Waals surface area (Å²) in [4.78, 5) is 12.2. The van der Waals surface area contributed by atoms with E-state index in [2.05, 4.69) is 11.6 Å². The van der Waals surface area contributed by atoms with Gasteiger partial charge in [0.2, 0.25) is 10.0 Å². The summed E-state index contributed by atoms with van der Waals surface area (Å²) in [5.74, 6) is -0.0614. The smallest absolute Gasteiger partial charge is 0.316 e. The zero-order valence-corrected chi connectivity index (χ0v) is 17.5. The van der Waals surface area contributed by atoms with Gasteiger partial charge >= 0.3 is 5.97 Å². The summed E-state index contributed by atoms with van der Waals surface area (Å²) in [5.41, 5.74) is 5.60. The van der Waals surface area contributed by atoms with Gasteiger partial charge in [-0.25, -0.2) is 13.1 Å². The molecule has 0 aromatic heterocycles. The van der Waals surface area contributed by atoms with Crippen molar-refractivity contribution in [3.8, 4) is 0 Å². The van der Waals surface area contributed by atoms with Crippen LogP contribution in [-0.2, 0) is 25.0 Å². The Labute approximate surface area is 167 Å². The molecule has 152 valence electrons. The fraction of sp³-hybridized carbons (Fsp3) is 0.632. The van der Waals surface area contributed by atoms with E-state index in [1.807, 2.05) is 0 Å². The molecule has 0 saturated heterocycles. The average Bonchev–Trinajstić information content (AvgIpc) is 3.45. The Hall–Kier alpha value is -1.15. The van der Waals surface area contributed by atoms with Crippen LogP contribution in [0.5, 0.6) is 0 Å². The molecule has 3 rings (SSSR count). The van der Waals surface area contributed by atoms with Gasteiger partial charge in [-0.1, -0.05) is 31.9 Å². The van der Waals surface area contributed by atoms with Crippen LogP contribution in [0.2, 0.25) is 0 Å². The van der Waals surface area contributed by atoms with E-state index in [1.54, 1.807) is 24.3 Å². The normalized spacial score (nSPS) is 26.7. The fourth-order valence-corrected chi connectivity index (χ4v) is 5.65. The molecule has 2 saturated carbocycles. The third-order valence-corrected chi connectivity index (χ3v) is 7.77. The highest BCUT2D eigenvalue weighted by molar-refractivity contribution is 7.89. The van der Waals surface area contributed by atoms with Crippen molar-refractivity contribution in [2.45, 2.75) is 61.3 Å². The van der Waals surface area contributed by atoms with E-state index < -0.39 is 21.0 Å². The van der Waals surface area contributed by atoms with Crippen LogP contribution in [0.25, 0.3) is 0 Å². The van der Waals surface area contributed by atoms with Crippen molar-refractivity contribution in [3.05, 3.63) is 29.8 Å². The second-order valence-corrected chi connectivity index (χ2v) is 9.39. The molecule has 0 aliphatic heterocycles. The second kappa shape index (κ2) is 8.07. The number of esters is 1. The second-order valence-electron chi connectivity index (χ2n) is 7.71. The third kappa shape index (κ3) is 4.01. The molecule has 1 aromatic carbocycles. The third-order valence-electron chi connectivity index (χ3n) is 6.20. The lowest BCUT2D eigenvalue weighted by Gasteiger charge is -2.42. The number of benzene rings is 1. The summed E-state index contributed by atoms with van der Waals surface area (Å²) >= 11 is 0. The van der Waals surface area contributed by atoms with E-state index in [0.29, 0.717) is 0 Å². The van der Waals surface area contributed by atoms with Crippen molar-refractivity contribution in [1.82, 2.24) is 4.72 Å². The van der Waals surface area contributed by atoms with E-state index in [-0.39, 0.29) is 35.7 Å². The lowest BCUT2D eigenvalue weighted by molar-refractivity contribution is -0.143. The molecule has 2 fully saturated rings. The van der Waals surface area contributed by atoms with Gasteiger partial charge in [-0.05, 0) is 49.3 Å². The van der Waals surface area contributed by atoms with Gasteiger partial charge in [-0.2, -0.15) is 0 Å². The summed E-state index contributed by atoms with van der Waals surface area (Å²) in [6, 6.07) is 6.58. The first-order valence-electron chi connectivity index (χ1n) is 9.23. The standard InChI is InChI=1S/C19H28N2O4S.ClH/c1-14-5-3-4-10-19(14,13-20)21-26(23,24)16-8-6-15(7-9-16)18(11-12-18)17(22)25-2;/h6-9,14,21H,3-5,10-13,20H2,1-2H3;1H. The van der Waals surface area contributed by atoms with Crippen LogP contribution in [0, 0.1) is 5.92 Å². The molecular formula is C19H29ClN2O4S. The van der Waals surface area contributed by atoms with Gasteiger partial charge in [0.15, 0.2) is 0 Å². The number of methoxy groups -OCH3 is 1. The van der Waals surface area contributed by atoms with Crippen LogP contribution in [0.4, 0.5) is 0 Å². The fourth-order valence-electron chi connectivity index (χ4n) is 4.12. The van der Waals surface area contributed by atoms with Crippen LogP contribution in [0.1, 0.15) is 51.0 Å². The molecule has 0 bridgehead atoms. The Morgan fingerprint density at radius 3 is 2.33 bits per heavy atom. The number of nitrogens with one attached hydrogen (secondary N) is 1. The quantitative estimate of drug-likeness (QED) is 0.694. The number of hydrogen-bond acceptors (Lipinski definition) is 5. The van der Waals surface area contributed by atoms with Gasteiger partial charge in [0.05, 0.1) is 17.4 Å². The number of nitrogens with two attached hydrogens (primary N) is 1. The number of rotatable bonds is 6. The Bertz CT molecular complexity index is 777. The average molecular weight is 417 g/mol. The molecule has 2 aliphatic rings. The first-order valence-corrected chi connectivity index (χ1v) is 10.7. The van der Waals surface area contributed by atoms with Crippen molar-refractivity contribution in [1.29, 1.82) is 0 Å². The van der Waals surface area contributed by atoms with Gasteiger partial charge in [0, 0.05) is 12.1 Å². The van der Waals surface area contributed by atoms with E-state index in [9.17, 15) is 13.2 Å². The van der Waals surface area contributed by atoms with Crippen LogP contribution in [-0.4, -0.2) is 33.6 Å². The minimum atomic E-state index is -3.68. The number of carbonyl (C=O) groups excluding carboxylic acids is 1. The zero-order valence-electron chi connectivity index (χ0n) is 15.9. The summed E-state index contributed by atoms with van der Waals surface area (Å²) in [6.45, 7) is 2.35. The Morgan fingerprint density at radius 1 is 1.22 bits per heavy atom. The lowest BCUT2D eigenvalue weighted by atomic mass is 9.74. The molecule has 8 heteroatoms. The maximum absolute atomic E-state index is 12.9. The van der Waals surface area contributed by atoms with Crippen molar-refractivity contribution >= 4 is 28.4 Å². The van der Waals surface area contributed by atoms with E-state index in [1.165, 1.54) is 7.11 Å². The maximum Gasteiger partial charge on any atom is 0.316 e. The molecule has 6 nitrogen and oxygen atoms in total. The number of ether oxygens (including phenoxy) is 1. The first-order chi connectivity index (χ1) is 12.3. The molecule has 2 atom stereocenters. The lowest BCUT2D eigenvalue weighted by Crippen LogP contribution is -2.58. The van der Waals surface area contributed by atoms with Crippen molar-refractivity contribution in [3.63, 3.8) is 0 Å². The van der Waals surface area contributed by atoms with Crippen molar-refractivity contribution in [2.24, 2.45) is 11.7 Å². The highest BCUT2D eigenvalue weighted by Gasteiger charge is 2.52. The number of halogens is 1. The highest BCUT2D eigenvalue weighted by Crippen LogP contribution is 2.49. The minimum Gasteiger partial charge on any atom is -0.468 e. The van der Waals surface area contributed by atoms with Gasteiger partial charge in [-0.3, -0.25) is 4.79 Å². The predicted molar refractivity (Wildman–Crippen MR) is 106 cm³/mol. The summed E-state index contributed by atoms with van der Waals surface area (Å²) in [5, 5.41) is 0. The number of sulfonamides is 1. The predicted octanol–water partition coefficient (Wildman–Crippen LogP) is 2.50. The molecule has 1 aromatic rings. The van der Waals surface area contributed by atoms with E-state index >= 15 is 0 Å². The molecular weight excluding hydrogens is 388 g/mol. The maximum atomic E-state index is 12.9. The molecule has 3 N–H and O–H groups in total. The van der Waals surface area contributed by atoms with Crippen LogP contribution in [0.15, 0.2) is 29.2 Å². The zero-order chi connectivity index (χ0) is 19.0. The van der Waals surface area contributed by atoms with Gasteiger partial charge in [0.1, 0.15) is 0 Å². The van der Waals surface area contributed by atoms with Crippen LogP contribution < -0.4 is 10.5 Å². The van der Waals surface area contributed by atoms with Crippen molar-refractivity contribution in [2.75, 3.05) is 13.7 Å². The molecule has 0 radical (unpaired) electrons. The number of carbonyl (C=O) groups is 1. The summed E-state index contributed by atoms with van der Waals surface area (Å²) in [7, 11) is -2.30. The van der Waals surface area contributed by atoms with Crippen molar-refractivity contribution < 1.29 is 17.9 Å². The van der Waals surface area contributed by atoms with Gasteiger partial charge in [-0.15, -0.1) is 12.4 Å². The molecule has 2 unspecified atom stereocenters. The molecule has 0 amide bonds. The minimum absolute atomic E-state index is 0. The van der Waals surface area contributed by atoms with Crippen LogP contribution in [0.3, 0.4) is 0 Å². The summed E-state index contributed by atoms with van der Waals surface area (Å²) in [6.07, 6.45) is 5.28. The first kappa shape index (κ1) is 22.1. The van der Waals surface area contributed by atoms with Crippen LogP contribution >= 0.6 is 12.4 Å². The molecule has 27 heavy (non-hydrogen) atoms. The largest absolute Gasteiger partial charge is 0.468 e. The van der Waals surface area contributed by atoms with Gasteiger partial charge < -0.3 is 10.5 Å². The van der Waals surface area contributed by atoms with Gasteiger partial charge in [0.25, 0.3) is 0 Å². The molecule has 2 aliphatic carbocycles. The summed E-state index contributed by atoms with van der Waals surface area (Å²) < 4.78 is 33.6. The molecule has 0 spiro atoms.